The smallest absolute Gasteiger partial charge is 0.361 e. The number of carbonyl (C=O) groups excluding carboxylic acids is 1. The van der Waals surface area contributed by atoms with Crippen LogP contribution in [0, 0.1) is 0 Å². The summed E-state index contributed by atoms with van der Waals surface area (Å²) in [5.41, 5.74) is 1.45. The number of rotatable bonds is 6. The largest absolute Gasteiger partial charge is 0.461 e. The van der Waals surface area contributed by atoms with Crippen LogP contribution < -0.4 is 9.80 Å². The Kier molecular flexibility index (Phi) is 6.64. The van der Waals surface area contributed by atoms with E-state index in [4.69, 9.17) is 19.7 Å². The standard InChI is InChI=1S/C24H30N8O2/c1-2-34-21(33)19-20(18-12-6-3-7-13-18)32(29-28-19)24-26-22(30-14-8-4-9-15-30)25-23(27-24)31-16-10-5-11-17-31/h3,6-7,12-13H,2,4-5,8-11,14-17H2,1H3. The Morgan fingerprint density at radius 3 is 1.94 bits per heavy atom. The molecule has 0 amide bonds. The Labute approximate surface area is 199 Å². The highest BCUT2D eigenvalue weighted by Gasteiger charge is 2.27. The van der Waals surface area contributed by atoms with Crippen LogP contribution in [0.1, 0.15) is 55.9 Å². The lowest BCUT2D eigenvalue weighted by molar-refractivity contribution is 0.0520. The molecule has 2 aliphatic rings. The van der Waals surface area contributed by atoms with E-state index in [0.717, 1.165) is 57.4 Å². The van der Waals surface area contributed by atoms with Gasteiger partial charge in [-0.3, -0.25) is 0 Å². The zero-order valence-corrected chi connectivity index (χ0v) is 19.6. The van der Waals surface area contributed by atoms with Crippen molar-refractivity contribution in [2.45, 2.75) is 45.4 Å². The fourth-order valence-electron chi connectivity index (χ4n) is 4.52. The fraction of sp³-hybridized carbons (Fsp3) is 0.500. The molecule has 4 heterocycles. The van der Waals surface area contributed by atoms with Crippen molar-refractivity contribution < 1.29 is 9.53 Å². The Balaban J connectivity index is 1.64. The monoisotopic (exact) mass is 462 g/mol. The Hall–Kier alpha value is -3.56. The predicted octanol–water partition coefficient (Wildman–Crippen LogP) is 3.28. The molecular weight excluding hydrogens is 432 g/mol. The molecule has 2 fully saturated rings. The third-order valence-corrected chi connectivity index (χ3v) is 6.25. The molecule has 0 spiro atoms. The van der Waals surface area contributed by atoms with E-state index in [2.05, 4.69) is 20.1 Å². The molecule has 178 valence electrons. The average Bonchev–Trinajstić information content (AvgIpc) is 3.36. The lowest BCUT2D eigenvalue weighted by Gasteiger charge is -2.30. The molecule has 5 rings (SSSR count). The first kappa shape index (κ1) is 22.2. The maximum Gasteiger partial charge on any atom is 0.361 e. The van der Waals surface area contributed by atoms with E-state index in [1.165, 1.54) is 12.8 Å². The van der Waals surface area contributed by atoms with Crippen LogP contribution >= 0.6 is 0 Å². The van der Waals surface area contributed by atoms with E-state index in [0.29, 0.717) is 23.5 Å². The quantitative estimate of drug-likeness (QED) is 0.511. The van der Waals surface area contributed by atoms with Crippen molar-refractivity contribution in [1.82, 2.24) is 29.9 Å². The van der Waals surface area contributed by atoms with E-state index in [1.807, 2.05) is 30.3 Å². The number of hydrogen-bond acceptors (Lipinski definition) is 9. The second-order valence-corrected chi connectivity index (χ2v) is 8.62. The van der Waals surface area contributed by atoms with E-state index >= 15 is 0 Å². The third-order valence-electron chi connectivity index (χ3n) is 6.25. The number of carbonyl (C=O) groups is 1. The third kappa shape index (κ3) is 4.57. The number of nitrogens with zero attached hydrogens (tertiary/aromatic N) is 8. The minimum Gasteiger partial charge on any atom is -0.461 e. The molecule has 0 bridgehead atoms. The Bertz CT molecular complexity index is 1090. The van der Waals surface area contributed by atoms with Gasteiger partial charge in [0.05, 0.1) is 6.61 Å². The number of anilines is 2. The van der Waals surface area contributed by atoms with Gasteiger partial charge >= 0.3 is 5.97 Å². The average molecular weight is 463 g/mol. The van der Waals surface area contributed by atoms with Crippen molar-refractivity contribution in [3.8, 4) is 17.2 Å². The molecule has 0 atom stereocenters. The number of ether oxygens (including phenoxy) is 1. The zero-order chi connectivity index (χ0) is 23.3. The second-order valence-electron chi connectivity index (χ2n) is 8.62. The number of hydrogen-bond donors (Lipinski definition) is 0. The molecule has 0 saturated carbocycles. The maximum atomic E-state index is 12.7. The van der Waals surface area contributed by atoms with Crippen LogP contribution in [0.5, 0.6) is 0 Å². The van der Waals surface area contributed by atoms with Crippen LogP contribution in [-0.4, -0.2) is 68.7 Å². The van der Waals surface area contributed by atoms with Gasteiger partial charge in [0, 0.05) is 31.7 Å². The minimum atomic E-state index is -0.519. The lowest BCUT2D eigenvalue weighted by atomic mass is 10.1. The van der Waals surface area contributed by atoms with Gasteiger partial charge in [0.1, 0.15) is 5.69 Å². The topological polar surface area (TPSA) is 102 Å². The number of piperidine rings is 2. The first-order valence-electron chi connectivity index (χ1n) is 12.2. The molecule has 10 heteroatoms. The van der Waals surface area contributed by atoms with Crippen molar-refractivity contribution in [3.63, 3.8) is 0 Å². The van der Waals surface area contributed by atoms with Gasteiger partial charge in [-0.1, -0.05) is 35.5 Å². The minimum absolute atomic E-state index is 0.146. The van der Waals surface area contributed by atoms with Gasteiger partial charge in [0.25, 0.3) is 5.95 Å². The molecule has 0 N–H and O–H groups in total. The SMILES string of the molecule is CCOC(=O)c1nnn(-c2nc(N3CCCCC3)nc(N3CCCCC3)n2)c1-c1ccccc1. The van der Waals surface area contributed by atoms with Crippen molar-refractivity contribution >= 4 is 17.9 Å². The highest BCUT2D eigenvalue weighted by Crippen LogP contribution is 2.27. The lowest BCUT2D eigenvalue weighted by Crippen LogP contribution is -2.35. The van der Waals surface area contributed by atoms with Crippen molar-refractivity contribution in [2.75, 3.05) is 42.6 Å². The molecule has 2 saturated heterocycles. The van der Waals surface area contributed by atoms with Crippen LogP contribution in [0.4, 0.5) is 11.9 Å². The summed E-state index contributed by atoms with van der Waals surface area (Å²) in [6.07, 6.45) is 6.91. The van der Waals surface area contributed by atoms with Gasteiger partial charge in [0.2, 0.25) is 11.9 Å². The van der Waals surface area contributed by atoms with Gasteiger partial charge in [-0.15, -0.1) is 5.10 Å². The summed E-state index contributed by atoms with van der Waals surface area (Å²) in [7, 11) is 0. The Morgan fingerprint density at radius 1 is 0.824 bits per heavy atom. The molecule has 2 aromatic heterocycles. The van der Waals surface area contributed by atoms with Crippen LogP contribution in [0.3, 0.4) is 0 Å². The molecule has 10 nitrogen and oxygen atoms in total. The van der Waals surface area contributed by atoms with E-state index in [1.54, 1.807) is 11.6 Å². The summed E-state index contributed by atoms with van der Waals surface area (Å²) in [6, 6.07) is 9.57. The van der Waals surface area contributed by atoms with E-state index < -0.39 is 5.97 Å². The molecule has 0 radical (unpaired) electrons. The summed E-state index contributed by atoms with van der Waals surface area (Å²) in [5, 5.41) is 8.50. The summed E-state index contributed by atoms with van der Waals surface area (Å²) in [6.45, 7) is 5.69. The summed E-state index contributed by atoms with van der Waals surface area (Å²) < 4.78 is 6.80. The van der Waals surface area contributed by atoms with E-state index in [9.17, 15) is 4.79 Å². The van der Waals surface area contributed by atoms with Crippen molar-refractivity contribution in [2.24, 2.45) is 0 Å². The highest BCUT2D eigenvalue weighted by atomic mass is 16.5. The second kappa shape index (κ2) is 10.1. The van der Waals surface area contributed by atoms with Crippen LogP contribution in [0.15, 0.2) is 30.3 Å². The molecule has 0 unspecified atom stereocenters. The molecule has 1 aromatic carbocycles. The first-order valence-corrected chi connectivity index (χ1v) is 12.2. The predicted molar refractivity (Wildman–Crippen MR) is 128 cm³/mol. The Morgan fingerprint density at radius 2 is 1.38 bits per heavy atom. The van der Waals surface area contributed by atoms with Gasteiger partial charge in [-0.25, -0.2) is 4.79 Å². The number of benzene rings is 1. The van der Waals surface area contributed by atoms with Crippen molar-refractivity contribution in [3.05, 3.63) is 36.0 Å². The van der Waals surface area contributed by atoms with Gasteiger partial charge in [-0.05, 0) is 45.4 Å². The van der Waals surface area contributed by atoms with Gasteiger partial charge < -0.3 is 14.5 Å². The summed E-state index contributed by atoms with van der Waals surface area (Å²) >= 11 is 0. The molecule has 34 heavy (non-hydrogen) atoms. The van der Waals surface area contributed by atoms with Gasteiger partial charge in [-0.2, -0.15) is 19.6 Å². The molecule has 2 aliphatic heterocycles. The highest BCUT2D eigenvalue weighted by molar-refractivity contribution is 5.94. The normalized spacial score (nSPS) is 16.5. The fourth-order valence-corrected chi connectivity index (χ4v) is 4.52. The summed E-state index contributed by atoms with van der Waals surface area (Å²) in [4.78, 5) is 31.6. The van der Waals surface area contributed by atoms with E-state index in [-0.39, 0.29) is 12.3 Å². The van der Waals surface area contributed by atoms with Crippen LogP contribution in [0.25, 0.3) is 17.2 Å². The van der Waals surface area contributed by atoms with Crippen LogP contribution in [0.2, 0.25) is 0 Å². The zero-order valence-electron chi connectivity index (χ0n) is 19.6. The van der Waals surface area contributed by atoms with Gasteiger partial charge in [0.15, 0.2) is 5.69 Å². The maximum absolute atomic E-state index is 12.7. The first-order chi connectivity index (χ1) is 16.7. The molecule has 0 aliphatic carbocycles. The summed E-state index contributed by atoms with van der Waals surface area (Å²) in [5.74, 6) is 1.14. The number of aromatic nitrogens is 6. The van der Waals surface area contributed by atoms with Crippen molar-refractivity contribution in [1.29, 1.82) is 0 Å². The molecule has 3 aromatic rings. The molecular formula is C24H30N8O2. The number of esters is 1. The van der Waals surface area contributed by atoms with Crippen LogP contribution in [-0.2, 0) is 4.74 Å².